The van der Waals surface area contributed by atoms with Gasteiger partial charge >= 0.3 is 5.69 Å². The van der Waals surface area contributed by atoms with Gasteiger partial charge in [-0.05, 0) is 48.0 Å². The number of hydrogen-bond donors (Lipinski definition) is 1. The number of nitrogens with one attached hydrogen (secondary N) is 1. The minimum Gasteiger partial charge on any atom is -0.334 e. The SMILES string of the molecule is O=c1[nH]c2cc(-c3nc(-c4ccc(Br)cc4)no3)ccc2c(=O)n1Cc1ccccc1. The number of aromatic nitrogens is 4. The second-order valence-electron chi connectivity index (χ2n) is 7.00. The predicted molar refractivity (Wildman–Crippen MR) is 121 cm³/mol. The van der Waals surface area contributed by atoms with Crippen LogP contribution < -0.4 is 11.2 Å². The van der Waals surface area contributed by atoms with Crippen molar-refractivity contribution in [3.8, 4) is 22.8 Å². The molecule has 0 atom stereocenters. The molecule has 152 valence electrons. The highest BCUT2D eigenvalue weighted by Crippen LogP contribution is 2.24. The number of benzene rings is 3. The molecule has 0 aliphatic rings. The van der Waals surface area contributed by atoms with E-state index in [1.54, 1.807) is 18.2 Å². The summed E-state index contributed by atoms with van der Waals surface area (Å²) >= 11 is 3.40. The third kappa shape index (κ3) is 3.73. The topological polar surface area (TPSA) is 93.8 Å². The second kappa shape index (κ2) is 7.81. The Morgan fingerprint density at radius 2 is 1.68 bits per heavy atom. The molecule has 3 aromatic carbocycles. The van der Waals surface area contributed by atoms with Gasteiger partial charge < -0.3 is 9.51 Å². The first-order valence-electron chi connectivity index (χ1n) is 9.49. The molecule has 0 aliphatic carbocycles. The standard InChI is InChI=1S/C23H15BrN4O3/c24-17-9-6-15(7-10-17)20-26-21(31-27-20)16-8-11-18-19(12-16)25-23(30)28(22(18)29)13-14-4-2-1-3-5-14/h1-12H,13H2,(H,25,30). The van der Waals surface area contributed by atoms with Gasteiger partial charge in [-0.1, -0.05) is 51.4 Å². The lowest BCUT2D eigenvalue weighted by molar-refractivity contribution is 0.432. The molecule has 0 amide bonds. The first kappa shape index (κ1) is 19.2. The highest BCUT2D eigenvalue weighted by Gasteiger charge is 2.14. The van der Waals surface area contributed by atoms with Crippen LogP contribution in [-0.4, -0.2) is 19.7 Å². The number of hydrogen-bond acceptors (Lipinski definition) is 5. The van der Waals surface area contributed by atoms with Gasteiger partial charge in [-0.2, -0.15) is 4.98 Å². The Balaban J connectivity index is 1.52. The van der Waals surface area contributed by atoms with Crippen molar-refractivity contribution in [2.45, 2.75) is 6.54 Å². The predicted octanol–water partition coefficient (Wildman–Crippen LogP) is 4.22. The van der Waals surface area contributed by atoms with Crippen LogP contribution in [0.2, 0.25) is 0 Å². The normalized spacial score (nSPS) is 11.1. The number of rotatable bonds is 4. The molecule has 2 aromatic heterocycles. The van der Waals surface area contributed by atoms with Crippen LogP contribution in [0.3, 0.4) is 0 Å². The maximum absolute atomic E-state index is 12.9. The zero-order valence-corrected chi connectivity index (χ0v) is 17.7. The van der Waals surface area contributed by atoms with Crippen LogP contribution in [-0.2, 0) is 6.54 Å². The minimum absolute atomic E-state index is 0.201. The van der Waals surface area contributed by atoms with E-state index >= 15 is 0 Å². The van der Waals surface area contributed by atoms with Crippen molar-refractivity contribution < 1.29 is 4.52 Å². The molecule has 31 heavy (non-hydrogen) atoms. The third-order valence-corrected chi connectivity index (χ3v) is 5.47. The molecular weight excluding hydrogens is 460 g/mol. The molecule has 0 fully saturated rings. The van der Waals surface area contributed by atoms with E-state index in [2.05, 4.69) is 31.1 Å². The van der Waals surface area contributed by atoms with Crippen LogP contribution in [0.15, 0.2) is 91.4 Å². The van der Waals surface area contributed by atoms with E-state index in [0.29, 0.717) is 28.2 Å². The van der Waals surface area contributed by atoms with E-state index < -0.39 is 5.69 Å². The number of fused-ring (bicyclic) bond motifs is 1. The van der Waals surface area contributed by atoms with Crippen LogP contribution in [0.5, 0.6) is 0 Å². The van der Waals surface area contributed by atoms with Crippen LogP contribution in [0.25, 0.3) is 33.7 Å². The van der Waals surface area contributed by atoms with Gasteiger partial charge in [0.25, 0.3) is 11.4 Å². The van der Waals surface area contributed by atoms with E-state index in [1.807, 2.05) is 54.6 Å². The fourth-order valence-electron chi connectivity index (χ4n) is 3.35. The zero-order chi connectivity index (χ0) is 21.4. The summed E-state index contributed by atoms with van der Waals surface area (Å²) in [5.41, 5.74) is 1.89. The summed E-state index contributed by atoms with van der Waals surface area (Å²) in [4.78, 5) is 32.7. The van der Waals surface area contributed by atoms with Crippen molar-refractivity contribution in [1.82, 2.24) is 19.7 Å². The summed E-state index contributed by atoms with van der Waals surface area (Å²) in [5, 5.41) is 4.44. The second-order valence-corrected chi connectivity index (χ2v) is 7.91. The van der Waals surface area contributed by atoms with Crippen LogP contribution >= 0.6 is 15.9 Å². The Morgan fingerprint density at radius 3 is 2.45 bits per heavy atom. The zero-order valence-electron chi connectivity index (χ0n) is 16.1. The highest BCUT2D eigenvalue weighted by molar-refractivity contribution is 9.10. The van der Waals surface area contributed by atoms with Crippen molar-refractivity contribution in [3.63, 3.8) is 0 Å². The molecule has 0 saturated heterocycles. The van der Waals surface area contributed by atoms with E-state index in [0.717, 1.165) is 15.6 Å². The molecule has 0 spiro atoms. The van der Waals surface area contributed by atoms with Gasteiger partial charge in [0, 0.05) is 15.6 Å². The molecule has 0 unspecified atom stereocenters. The molecule has 5 rings (SSSR count). The lowest BCUT2D eigenvalue weighted by atomic mass is 10.1. The van der Waals surface area contributed by atoms with E-state index in [4.69, 9.17) is 4.52 Å². The molecule has 8 heteroatoms. The molecule has 0 saturated carbocycles. The van der Waals surface area contributed by atoms with Gasteiger partial charge in [-0.3, -0.25) is 9.36 Å². The summed E-state index contributed by atoms with van der Waals surface area (Å²) in [6.07, 6.45) is 0. The van der Waals surface area contributed by atoms with E-state index in [9.17, 15) is 9.59 Å². The molecule has 0 radical (unpaired) electrons. The lowest BCUT2D eigenvalue weighted by Gasteiger charge is -2.07. The largest absolute Gasteiger partial charge is 0.334 e. The first-order chi connectivity index (χ1) is 15.1. The van der Waals surface area contributed by atoms with Crippen molar-refractivity contribution in [3.05, 3.63) is 104 Å². The van der Waals surface area contributed by atoms with Gasteiger partial charge in [-0.25, -0.2) is 4.79 Å². The highest BCUT2D eigenvalue weighted by atomic mass is 79.9. The monoisotopic (exact) mass is 474 g/mol. The van der Waals surface area contributed by atoms with Gasteiger partial charge in [0.2, 0.25) is 5.82 Å². The summed E-state index contributed by atoms with van der Waals surface area (Å²) in [6, 6.07) is 22.0. The Hall–Kier alpha value is -3.78. The maximum Gasteiger partial charge on any atom is 0.329 e. The first-order valence-corrected chi connectivity index (χ1v) is 10.3. The lowest BCUT2D eigenvalue weighted by Crippen LogP contribution is -2.35. The molecule has 7 nitrogen and oxygen atoms in total. The minimum atomic E-state index is -0.473. The summed E-state index contributed by atoms with van der Waals surface area (Å²) in [6.45, 7) is 0.201. The van der Waals surface area contributed by atoms with Crippen LogP contribution in [0.1, 0.15) is 5.56 Å². The average Bonchev–Trinajstić information content (AvgIpc) is 3.28. The van der Waals surface area contributed by atoms with E-state index in [1.165, 1.54) is 4.57 Å². The number of aromatic amines is 1. The maximum atomic E-state index is 12.9. The van der Waals surface area contributed by atoms with Gasteiger partial charge in [0.1, 0.15) is 0 Å². The molecule has 0 bridgehead atoms. The number of nitrogens with zero attached hydrogens (tertiary/aromatic N) is 3. The van der Waals surface area contributed by atoms with Crippen LogP contribution in [0, 0.1) is 0 Å². The third-order valence-electron chi connectivity index (χ3n) is 4.94. The van der Waals surface area contributed by atoms with Gasteiger partial charge in [0.15, 0.2) is 0 Å². The van der Waals surface area contributed by atoms with Crippen LogP contribution in [0.4, 0.5) is 0 Å². The molecule has 1 N–H and O–H groups in total. The van der Waals surface area contributed by atoms with Gasteiger partial charge in [-0.15, -0.1) is 0 Å². The van der Waals surface area contributed by atoms with Crippen molar-refractivity contribution in [2.75, 3.05) is 0 Å². The Morgan fingerprint density at radius 1 is 0.935 bits per heavy atom. The van der Waals surface area contributed by atoms with Crippen molar-refractivity contribution in [1.29, 1.82) is 0 Å². The summed E-state index contributed by atoms with van der Waals surface area (Å²) in [5.74, 6) is 0.753. The fraction of sp³-hybridized carbons (Fsp3) is 0.0435. The fourth-order valence-corrected chi connectivity index (χ4v) is 3.62. The van der Waals surface area contributed by atoms with E-state index in [-0.39, 0.29) is 12.1 Å². The number of halogens is 1. The molecule has 5 aromatic rings. The average molecular weight is 475 g/mol. The summed E-state index contributed by atoms with van der Waals surface area (Å²) < 4.78 is 7.54. The quantitative estimate of drug-likeness (QED) is 0.420. The van der Waals surface area contributed by atoms with Crippen molar-refractivity contribution in [2.24, 2.45) is 0 Å². The molecule has 0 aliphatic heterocycles. The molecule has 2 heterocycles. The van der Waals surface area contributed by atoms with Gasteiger partial charge in [0.05, 0.1) is 17.4 Å². The summed E-state index contributed by atoms with van der Waals surface area (Å²) in [7, 11) is 0. The Kier molecular flexibility index (Phi) is 4.83. The Labute approximate surface area is 184 Å². The Bertz CT molecular complexity index is 1500. The smallest absolute Gasteiger partial charge is 0.329 e. The number of H-pyrrole nitrogens is 1. The van der Waals surface area contributed by atoms with Crippen molar-refractivity contribution >= 4 is 26.8 Å². The molecular formula is C23H15BrN4O3.